The number of ether oxygens (including phenoxy) is 1. The smallest absolute Gasteiger partial charge is 0.416 e. The fourth-order valence-corrected chi connectivity index (χ4v) is 3.16. The number of hydrogen-bond donors (Lipinski definition) is 0. The Labute approximate surface area is 188 Å². The maximum Gasteiger partial charge on any atom is 0.416 e. The lowest BCUT2D eigenvalue weighted by Gasteiger charge is -2.07. The Morgan fingerprint density at radius 1 is 1.06 bits per heavy atom. The molecule has 0 aliphatic heterocycles. The Balaban J connectivity index is 1.28. The van der Waals surface area contributed by atoms with Crippen LogP contribution in [0.15, 0.2) is 71.6 Å². The lowest BCUT2D eigenvalue weighted by Crippen LogP contribution is -2.03. The minimum atomic E-state index is -4.35. The number of nitrogens with zero attached hydrogens (tertiary/aromatic N) is 4. The fraction of sp³-hybridized carbons (Fsp3) is 0.208. The van der Waals surface area contributed by atoms with E-state index in [4.69, 9.17) is 9.15 Å². The Hall–Kier alpha value is -3.88. The maximum atomic E-state index is 12.6. The van der Waals surface area contributed by atoms with Crippen molar-refractivity contribution in [2.24, 2.45) is 0 Å². The summed E-state index contributed by atoms with van der Waals surface area (Å²) in [4.78, 5) is 4.32. The molecule has 2 heterocycles. The number of benzene rings is 2. The number of aromatic nitrogens is 4. The second kappa shape index (κ2) is 10.2. The van der Waals surface area contributed by atoms with Gasteiger partial charge in [-0.1, -0.05) is 29.5 Å². The van der Waals surface area contributed by atoms with E-state index >= 15 is 0 Å². The van der Waals surface area contributed by atoms with Crippen molar-refractivity contribution in [2.75, 3.05) is 0 Å². The highest BCUT2D eigenvalue weighted by Crippen LogP contribution is 2.29. The zero-order valence-electron chi connectivity index (χ0n) is 17.6. The monoisotopic (exact) mass is 454 g/mol. The van der Waals surface area contributed by atoms with E-state index in [1.165, 1.54) is 18.4 Å². The highest BCUT2D eigenvalue weighted by molar-refractivity contribution is 5.66. The summed E-state index contributed by atoms with van der Waals surface area (Å²) in [5, 5.41) is 7.75. The summed E-state index contributed by atoms with van der Waals surface area (Å²) < 4.78 is 50.9. The zero-order valence-corrected chi connectivity index (χ0v) is 17.6. The molecular formula is C24H21F3N4O2. The van der Waals surface area contributed by atoms with E-state index in [9.17, 15) is 13.2 Å². The van der Waals surface area contributed by atoms with Gasteiger partial charge in [0.1, 0.15) is 24.3 Å². The van der Waals surface area contributed by atoms with Crippen molar-refractivity contribution in [1.29, 1.82) is 0 Å². The van der Waals surface area contributed by atoms with E-state index in [0.29, 0.717) is 17.1 Å². The van der Waals surface area contributed by atoms with Crippen molar-refractivity contribution < 1.29 is 22.3 Å². The van der Waals surface area contributed by atoms with Crippen LogP contribution in [0.3, 0.4) is 0 Å². The third-order valence-electron chi connectivity index (χ3n) is 4.84. The van der Waals surface area contributed by atoms with Crippen LogP contribution in [0.2, 0.25) is 0 Å². The van der Waals surface area contributed by atoms with Gasteiger partial charge in [-0.3, -0.25) is 4.68 Å². The molecule has 6 nitrogen and oxygen atoms in total. The standard InChI is InChI=1S/C24H21F3N4O2/c25-24(26,27)20-9-6-18(7-10-20)8-11-23-29-21(17-33-23)16-32-22-5-1-3-19(15-22)4-2-13-31-14-12-28-30-31/h1,3,5-12,14-15,17H,2,4,13,16H2/b11-8+. The summed E-state index contributed by atoms with van der Waals surface area (Å²) in [6, 6.07) is 12.7. The molecule has 4 rings (SSSR count). The summed E-state index contributed by atoms with van der Waals surface area (Å²) >= 11 is 0. The molecular weight excluding hydrogens is 433 g/mol. The molecule has 0 saturated carbocycles. The molecule has 170 valence electrons. The van der Waals surface area contributed by atoms with Gasteiger partial charge in [0.25, 0.3) is 0 Å². The molecule has 0 spiro atoms. The molecule has 0 fully saturated rings. The van der Waals surface area contributed by atoms with Gasteiger partial charge in [0.2, 0.25) is 5.89 Å². The van der Waals surface area contributed by atoms with Crippen molar-refractivity contribution in [3.05, 3.63) is 95.5 Å². The summed E-state index contributed by atoms with van der Waals surface area (Å²) in [6.07, 6.45) is 5.70. The average molecular weight is 454 g/mol. The molecule has 0 radical (unpaired) electrons. The average Bonchev–Trinajstić information content (AvgIpc) is 3.48. The molecule has 0 atom stereocenters. The van der Waals surface area contributed by atoms with E-state index < -0.39 is 11.7 Å². The van der Waals surface area contributed by atoms with E-state index in [1.54, 1.807) is 23.0 Å². The Morgan fingerprint density at radius 3 is 2.67 bits per heavy atom. The van der Waals surface area contributed by atoms with Gasteiger partial charge in [-0.15, -0.1) is 5.10 Å². The first-order chi connectivity index (χ1) is 16.0. The largest absolute Gasteiger partial charge is 0.487 e. The molecule has 0 aliphatic rings. The topological polar surface area (TPSA) is 66.0 Å². The van der Waals surface area contributed by atoms with Gasteiger partial charge in [-0.2, -0.15) is 13.2 Å². The second-order valence-corrected chi connectivity index (χ2v) is 7.34. The van der Waals surface area contributed by atoms with E-state index in [0.717, 1.165) is 42.8 Å². The zero-order chi connectivity index (χ0) is 23.1. The van der Waals surface area contributed by atoms with Crippen LogP contribution in [0, 0.1) is 0 Å². The summed E-state index contributed by atoms with van der Waals surface area (Å²) in [6.45, 7) is 1.03. The Morgan fingerprint density at radius 2 is 1.91 bits per heavy atom. The van der Waals surface area contributed by atoms with Crippen molar-refractivity contribution in [3.63, 3.8) is 0 Å². The molecule has 2 aromatic heterocycles. The molecule has 9 heteroatoms. The first kappa shape index (κ1) is 22.3. The molecule has 0 amide bonds. The second-order valence-electron chi connectivity index (χ2n) is 7.34. The first-order valence-corrected chi connectivity index (χ1v) is 10.3. The predicted molar refractivity (Wildman–Crippen MR) is 116 cm³/mol. The highest BCUT2D eigenvalue weighted by Gasteiger charge is 2.29. The van der Waals surface area contributed by atoms with Gasteiger partial charge in [-0.05, 0) is 54.3 Å². The van der Waals surface area contributed by atoms with Crippen LogP contribution in [-0.2, 0) is 25.7 Å². The lowest BCUT2D eigenvalue weighted by molar-refractivity contribution is -0.137. The van der Waals surface area contributed by atoms with Crippen LogP contribution in [0.4, 0.5) is 13.2 Å². The molecule has 0 saturated heterocycles. The molecule has 4 aromatic rings. The van der Waals surface area contributed by atoms with Crippen LogP contribution in [-0.4, -0.2) is 20.0 Å². The van der Waals surface area contributed by atoms with Crippen LogP contribution >= 0.6 is 0 Å². The Kier molecular flexibility index (Phi) is 6.87. The van der Waals surface area contributed by atoms with Gasteiger partial charge in [0.05, 0.1) is 11.8 Å². The highest BCUT2D eigenvalue weighted by atomic mass is 19.4. The summed E-state index contributed by atoms with van der Waals surface area (Å²) in [5.41, 5.74) is 1.70. The maximum absolute atomic E-state index is 12.6. The SMILES string of the molecule is FC(F)(F)c1ccc(/C=C/c2nc(COc3cccc(CCCn4ccnn4)c3)co2)cc1. The van der Waals surface area contributed by atoms with Gasteiger partial charge < -0.3 is 9.15 Å². The van der Waals surface area contributed by atoms with E-state index in [2.05, 4.69) is 21.4 Å². The molecule has 0 unspecified atom stereocenters. The molecule has 0 N–H and O–H groups in total. The van der Waals surface area contributed by atoms with E-state index in [1.807, 2.05) is 24.4 Å². The normalized spacial score (nSPS) is 11.8. The van der Waals surface area contributed by atoms with Gasteiger partial charge in [0.15, 0.2) is 0 Å². The first-order valence-electron chi connectivity index (χ1n) is 10.3. The predicted octanol–water partition coefficient (Wildman–Crippen LogP) is 5.67. The quantitative estimate of drug-likeness (QED) is 0.326. The Bertz CT molecular complexity index is 1180. The lowest BCUT2D eigenvalue weighted by atomic mass is 10.1. The third kappa shape index (κ3) is 6.55. The van der Waals surface area contributed by atoms with Crippen molar-refractivity contribution in [1.82, 2.24) is 20.0 Å². The fourth-order valence-electron chi connectivity index (χ4n) is 3.16. The van der Waals surface area contributed by atoms with Gasteiger partial charge in [-0.25, -0.2) is 4.98 Å². The number of alkyl halides is 3. The molecule has 0 aliphatic carbocycles. The molecule has 33 heavy (non-hydrogen) atoms. The van der Waals surface area contributed by atoms with Crippen molar-refractivity contribution >= 4 is 12.2 Å². The summed E-state index contributed by atoms with van der Waals surface area (Å²) in [7, 11) is 0. The van der Waals surface area contributed by atoms with Crippen molar-refractivity contribution in [2.45, 2.75) is 32.2 Å². The van der Waals surface area contributed by atoms with Crippen molar-refractivity contribution in [3.8, 4) is 5.75 Å². The minimum absolute atomic E-state index is 0.236. The van der Waals surface area contributed by atoms with Gasteiger partial charge in [0, 0.05) is 18.8 Å². The number of oxazole rings is 1. The number of aryl methyl sites for hydroxylation is 2. The minimum Gasteiger partial charge on any atom is -0.487 e. The molecule has 2 aromatic carbocycles. The number of hydrogen-bond acceptors (Lipinski definition) is 5. The third-order valence-corrected chi connectivity index (χ3v) is 4.84. The van der Waals surface area contributed by atoms with Crippen LogP contribution in [0.5, 0.6) is 5.75 Å². The van der Waals surface area contributed by atoms with Crippen LogP contribution in [0.1, 0.15) is 34.7 Å². The molecule has 0 bridgehead atoms. The number of rotatable bonds is 9. The van der Waals surface area contributed by atoms with Crippen LogP contribution in [0.25, 0.3) is 12.2 Å². The van der Waals surface area contributed by atoms with Crippen LogP contribution < -0.4 is 4.74 Å². The summed E-state index contributed by atoms with van der Waals surface area (Å²) in [5.74, 6) is 1.08. The van der Waals surface area contributed by atoms with E-state index in [-0.39, 0.29) is 6.61 Å². The van der Waals surface area contributed by atoms with Gasteiger partial charge >= 0.3 is 6.18 Å². The number of halogens is 3.